The molecule has 2 atom stereocenters. The fourth-order valence-corrected chi connectivity index (χ4v) is 4.56. The highest BCUT2D eigenvalue weighted by Gasteiger charge is 2.23. The first-order valence-corrected chi connectivity index (χ1v) is 9.89. The van der Waals surface area contributed by atoms with Crippen molar-refractivity contribution in [2.24, 2.45) is 0 Å². The Morgan fingerprint density at radius 2 is 1.74 bits per heavy atom. The zero-order valence-corrected chi connectivity index (χ0v) is 16.7. The van der Waals surface area contributed by atoms with E-state index >= 15 is 0 Å². The number of hydrogen-bond donors (Lipinski definition) is 0. The predicted molar refractivity (Wildman–Crippen MR) is 104 cm³/mol. The zero-order valence-electron chi connectivity index (χ0n) is 11.9. The van der Waals surface area contributed by atoms with E-state index in [2.05, 4.69) is 65.7 Å². The normalized spacial score (nSPS) is 13.7. The molecule has 6 heteroatoms. The van der Waals surface area contributed by atoms with Gasteiger partial charge in [-0.05, 0) is 42.0 Å². The van der Waals surface area contributed by atoms with Gasteiger partial charge < -0.3 is 4.57 Å². The number of nitrogens with zero attached hydrogens (tertiary/aromatic N) is 2. The van der Waals surface area contributed by atoms with Crippen LogP contribution in [-0.4, -0.2) is 9.55 Å². The van der Waals surface area contributed by atoms with Crippen LogP contribution in [0.5, 0.6) is 0 Å². The van der Waals surface area contributed by atoms with Gasteiger partial charge in [-0.15, -0.1) is 11.8 Å². The molecule has 0 radical (unpaired) electrons. The van der Waals surface area contributed by atoms with Gasteiger partial charge in [0.1, 0.15) is 4.95 Å². The monoisotopic (exact) mass is 470 g/mol. The molecule has 0 aliphatic carbocycles. The molecule has 23 heavy (non-hydrogen) atoms. The second-order valence-electron chi connectivity index (χ2n) is 4.93. The lowest BCUT2D eigenvalue weighted by atomic mass is 10.1. The first-order chi connectivity index (χ1) is 11.1. The van der Waals surface area contributed by atoms with E-state index in [9.17, 15) is 0 Å². The van der Waals surface area contributed by atoms with Gasteiger partial charge in [-0.25, -0.2) is 4.98 Å². The topological polar surface area (TPSA) is 17.8 Å². The molecule has 3 aromatic rings. The van der Waals surface area contributed by atoms with Crippen LogP contribution in [0.25, 0.3) is 0 Å². The Bertz CT molecular complexity index is 745. The Hall–Kier alpha value is -0.750. The van der Waals surface area contributed by atoms with Crippen LogP contribution in [0.1, 0.15) is 15.8 Å². The summed E-state index contributed by atoms with van der Waals surface area (Å²) in [6, 6.07) is 16.4. The summed E-state index contributed by atoms with van der Waals surface area (Å²) in [5.41, 5.74) is 1.24. The van der Waals surface area contributed by atoms with Crippen molar-refractivity contribution < 1.29 is 0 Å². The summed E-state index contributed by atoms with van der Waals surface area (Å²) in [6.07, 6.45) is 5.58. The molecule has 2 nitrogen and oxygen atoms in total. The minimum Gasteiger partial charge on any atom is -0.323 e. The second kappa shape index (κ2) is 7.88. The quantitative estimate of drug-likeness (QED) is 0.303. The van der Waals surface area contributed by atoms with E-state index in [1.165, 1.54) is 10.5 Å². The highest BCUT2D eigenvalue weighted by atomic mass is 79.9. The molecule has 0 spiro atoms. The van der Waals surface area contributed by atoms with E-state index in [1.807, 2.05) is 36.8 Å². The van der Waals surface area contributed by atoms with Crippen LogP contribution in [0.15, 0.2) is 76.6 Å². The maximum Gasteiger partial charge on any atom is 0.106 e. The Morgan fingerprint density at radius 1 is 1.04 bits per heavy atom. The third kappa shape index (κ3) is 4.41. The van der Waals surface area contributed by atoms with Crippen molar-refractivity contribution in [2.45, 2.75) is 15.1 Å². The molecule has 0 N–H and O–H groups in total. The second-order valence-corrected chi connectivity index (χ2v) is 8.43. The lowest BCUT2D eigenvalue weighted by molar-refractivity contribution is 0.674. The standard InChI is InChI=1S/C17H13Br2ClN2S/c18-13-3-1-12(2-4-13)16(17(19)22-10-9-21-11-22)23-15-7-5-14(20)6-8-15/h1-11,16-17H. The van der Waals surface area contributed by atoms with Crippen LogP contribution < -0.4 is 0 Å². The predicted octanol–water partition coefficient (Wildman–Crippen LogP) is 6.73. The highest BCUT2D eigenvalue weighted by molar-refractivity contribution is 9.10. The molecule has 2 aromatic carbocycles. The molecule has 0 saturated heterocycles. The fraction of sp³-hybridized carbons (Fsp3) is 0.118. The third-order valence-electron chi connectivity index (χ3n) is 3.33. The average Bonchev–Trinajstić information content (AvgIpc) is 3.09. The molecule has 118 valence electrons. The molecule has 0 bridgehead atoms. The minimum absolute atomic E-state index is 0.0897. The molecule has 1 aromatic heterocycles. The van der Waals surface area contributed by atoms with Gasteiger partial charge in [0.2, 0.25) is 0 Å². The molecular formula is C17H13Br2ClN2S. The fourth-order valence-electron chi connectivity index (χ4n) is 2.17. The van der Waals surface area contributed by atoms with Crippen molar-refractivity contribution in [3.8, 4) is 0 Å². The Labute approximate surface area is 161 Å². The summed E-state index contributed by atoms with van der Waals surface area (Å²) in [5.74, 6) is 0. The van der Waals surface area contributed by atoms with Gasteiger partial charge in [0.15, 0.2) is 0 Å². The number of thioether (sulfide) groups is 1. The molecule has 0 amide bonds. The number of halogens is 3. The van der Waals surface area contributed by atoms with Gasteiger partial charge in [-0.1, -0.05) is 55.6 Å². The van der Waals surface area contributed by atoms with Crippen molar-refractivity contribution in [1.29, 1.82) is 0 Å². The number of benzene rings is 2. The van der Waals surface area contributed by atoms with E-state index in [1.54, 1.807) is 18.0 Å². The number of alkyl halides is 1. The SMILES string of the molecule is Clc1ccc(SC(c2ccc(Br)cc2)C(Br)n2ccnc2)cc1. The highest BCUT2D eigenvalue weighted by Crippen LogP contribution is 2.46. The molecule has 1 heterocycles. The summed E-state index contributed by atoms with van der Waals surface area (Å²) in [6.45, 7) is 0. The van der Waals surface area contributed by atoms with E-state index in [-0.39, 0.29) is 10.2 Å². The molecule has 3 rings (SSSR count). The number of imidazole rings is 1. The summed E-state index contributed by atoms with van der Waals surface area (Å²) in [4.78, 5) is 5.41. The number of hydrogen-bond acceptors (Lipinski definition) is 2. The lowest BCUT2D eigenvalue weighted by Crippen LogP contribution is -2.08. The molecule has 0 saturated carbocycles. The van der Waals surface area contributed by atoms with E-state index < -0.39 is 0 Å². The Kier molecular flexibility index (Phi) is 5.85. The molecule has 0 fully saturated rings. The van der Waals surface area contributed by atoms with Crippen LogP contribution in [0.4, 0.5) is 0 Å². The van der Waals surface area contributed by atoms with Gasteiger partial charge in [-0.3, -0.25) is 0 Å². The minimum atomic E-state index is 0.0897. The van der Waals surface area contributed by atoms with Crippen molar-refractivity contribution in [2.75, 3.05) is 0 Å². The van der Waals surface area contributed by atoms with Crippen LogP contribution >= 0.6 is 55.2 Å². The van der Waals surface area contributed by atoms with E-state index in [4.69, 9.17) is 11.6 Å². The van der Waals surface area contributed by atoms with Crippen LogP contribution in [-0.2, 0) is 0 Å². The zero-order chi connectivity index (χ0) is 16.2. The van der Waals surface area contributed by atoms with Gasteiger partial charge in [-0.2, -0.15) is 0 Å². The van der Waals surface area contributed by atoms with E-state index in [0.29, 0.717) is 0 Å². The Morgan fingerprint density at radius 3 is 2.35 bits per heavy atom. The van der Waals surface area contributed by atoms with Crippen molar-refractivity contribution in [1.82, 2.24) is 9.55 Å². The largest absolute Gasteiger partial charge is 0.323 e. The van der Waals surface area contributed by atoms with Gasteiger partial charge in [0, 0.05) is 26.8 Å². The summed E-state index contributed by atoms with van der Waals surface area (Å²) in [5, 5.41) is 0.943. The number of aromatic nitrogens is 2. The summed E-state index contributed by atoms with van der Waals surface area (Å²) >= 11 is 15.1. The first-order valence-electron chi connectivity index (χ1n) is 6.93. The molecule has 2 unspecified atom stereocenters. The van der Waals surface area contributed by atoms with Crippen molar-refractivity contribution in [3.63, 3.8) is 0 Å². The van der Waals surface area contributed by atoms with Gasteiger partial charge in [0.05, 0.1) is 11.6 Å². The number of rotatable bonds is 5. The summed E-state index contributed by atoms with van der Waals surface area (Å²) in [7, 11) is 0. The van der Waals surface area contributed by atoms with Crippen molar-refractivity contribution in [3.05, 3.63) is 82.3 Å². The van der Waals surface area contributed by atoms with Crippen molar-refractivity contribution >= 4 is 55.2 Å². The van der Waals surface area contributed by atoms with Gasteiger partial charge in [0.25, 0.3) is 0 Å². The first kappa shape index (κ1) is 17.1. The smallest absolute Gasteiger partial charge is 0.106 e. The summed E-state index contributed by atoms with van der Waals surface area (Å²) < 4.78 is 3.14. The van der Waals surface area contributed by atoms with Gasteiger partial charge >= 0.3 is 0 Å². The van der Waals surface area contributed by atoms with E-state index in [0.717, 1.165) is 9.50 Å². The molecule has 0 aliphatic rings. The maximum atomic E-state index is 5.99. The average molecular weight is 473 g/mol. The lowest BCUT2D eigenvalue weighted by Gasteiger charge is -2.24. The maximum absolute atomic E-state index is 5.99. The Balaban J connectivity index is 1.92. The molecular weight excluding hydrogens is 460 g/mol. The molecule has 0 aliphatic heterocycles. The van der Waals surface area contributed by atoms with Crippen LogP contribution in [0.2, 0.25) is 5.02 Å². The third-order valence-corrected chi connectivity index (χ3v) is 6.80. The van der Waals surface area contributed by atoms with Crippen LogP contribution in [0.3, 0.4) is 0 Å². The van der Waals surface area contributed by atoms with Crippen LogP contribution in [0, 0.1) is 0 Å².